The first-order valence-corrected chi connectivity index (χ1v) is 19.1. The van der Waals surface area contributed by atoms with E-state index in [0.717, 1.165) is 42.8 Å². The van der Waals surface area contributed by atoms with E-state index in [1.165, 1.54) is 66.1 Å². The predicted octanol–water partition coefficient (Wildman–Crippen LogP) is 11.8. The lowest BCUT2D eigenvalue weighted by atomic mass is 9.82. The van der Waals surface area contributed by atoms with Crippen LogP contribution in [-0.2, 0) is 0 Å². The summed E-state index contributed by atoms with van der Waals surface area (Å²) in [5.41, 5.74) is 13.6. The van der Waals surface area contributed by atoms with Gasteiger partial charge in [-0.3, -0.25) is 0 Å². The first-order valence-electron chi connectivity index (χ1n) is 19.1. The Morgan fingerprint density at radius 1 is 0.830 bits per heavy atom. The van der Waals surface area contributed by atoms with Crippen LogP contribution in [-0.4, -0.2) is 6.54 Å². The Morgan fingerprint density at radius 3 is 2.08 bits per heavy atom. The molecule has 1 aliphatic rings. The maximum absolute atomic E-state index is 5.73. The van der Waals surface area contributed by atoms with Gasteiger partial charge in [-0.15, -0.1) is 13.0 Å². The topological polar surface area (TPSA) is 6.48 Å². The van der Waals surface area contributed by atoms with Crippen molar-refractivity contribution in [3.05, 3.63) is 172 Å². The Bertz CT molecular complexity index is 2350. The second kappa shape index (κ2) is 16.4. The Morgan fingerprint density at radius 2 is 1.43 bits per heavy atom. The lowest BCUT2D eigenvalue weighted by Gasteiger charge is -2.35. The number of benzene rings is 5. The summed E-state index contributed by atoms with van der Waals surface area (Å²) >= 11 is 0. The van der Waals surface area contributed by atoms with E-state index in [2.05, 4.69) is 179 Å². The second-order valence-corrected chi connectivity index (χ2v) is 15.0. The number of nitrogens with zero attached hydrogens (tertiary/aromatic N) is 2. The molecule has 2 nitrogen and oxygen atoms in total. The van der Waals surface area contributed by atoms with Gasteiger partial charge in [-0.05, 0) is 135 Å². The molecule has 1 aliphatic carbocycles. The summed E-state index contributed by atoms with van der Waals surface area (Å²) in [7, 11) is 0. The standard InChI is InChI=1S/C51H54N2/c1-10-35(3)17-16-32-52(42-28-23-37(5)24-29-42)50-39(7)33-48(44-18-12-14-20-46(44)50)49-34-40(8)51(47-21-15-13-19-45(47)49)53(41(9)27-22-36(4)11-2)43-30-25-38(6)26-31-43/h2,10,12-15,18-31,33,35,40H,1,16-17,32,34H2,3-9H3/b36-22-,41-27+. The number of aryl methyl sites for hydroxylation is 3. The Kier molecular flexibility index (Phi) is 11.6. The van der Waals surface area contributed by atoms with Crippen LogP contribution < -0.4 is 20.2 Å². The molecule has 0 spiro atoms. The minimum absolute atomic E-state index is 0.247. The minimum atomic E-state index is 0.247. The van der Waals surface area contributed by atoms with Crippen molar-refractivity contribution in [1.29, 1.82) is 0 Å². The van der Waals surface area contributed by atoms with Gasteiger partial charge in [-0.25, -0.2) is 0 Å². The zero-order valence-corrected chi connectivity index (χ0v) is 32.7. The van der Waals surface area contributed by atoms with Gasteiger partial charge in [0.15, 0.2) is 0 Å². The van der Waals surface area contributed by atoms with Gasteiger partial charge >= 0.3 is 0 Å². The van der Waals surface area contributed by atoms with Crippen LogP contribution in [0.25, 0.3) is 22.0 Å². The normalized spacial score (nSPS) is 15.2. The molecule has 0 radical (unpaired) electrons. The van der Waals surface area contributed by atoms with Gasteiger partial charge in [0, 0.05) is 45.8 Å². The van der Waals surface area contributed by atoms with Gasteiger partial charge in [-0.1, -0.05) is 110 Å². The number of rotatable bonds is 12. The molecular formula is C51H54N2. The van der Waals surface area contributed by atoms with Crippen molar-refractivity contribution in [1.82, 2.24) is 0 Å². The Hall–Kier alpha value is -5.52. The van der Waals surface area contributed by atoms with Gasteiger partial charge in [0.25, 0.3) is 0 Å². The number of terminal acetylenes is 1. The molecule has 268 valence electrons. The molecule has 0 fully saturated rings. The fourth-order valence-electron chi connectivity index (χ4n) is 7.83. The zero-order valence-electron chi connectivity index (χ0n) is 32.7. The van der Waals surface area contributed by atoms with E-state index in [1.807, 2.05) is 13.0 Å². The van der Waals surface area contributed by atoms with E-state index in [0.29, 0.717) is 5.92 Å². The van der Waals surface area contributed by atoms with Crippen LogP contribution in [0.5, 0.6) is 0 Å². The molecule has 5 aromatic carbocycles. The fraction of sp³-hybridized carbons (Fsp3) is 0.255. The first-order chi connectivity index (χ1) is 25.6. The predicted molar refractivity (Wildman–Crippen MR) is 231 cm³/mol. The van der Waals surface area contributed by atoms with Crippen molar-refractivity contribution in [2.24, 2.45) is 11.8 Å². The highest BCUT2D eigenvalue weighted by molar-refractivity contribution is 6.04. The highest BCUT2D eigenvalue weighted by atomic mass is 15.2. The highest BCUT2D eigenvalue weighted by Crippen LogP contribution is 2.42. The van der Waals surface area contributed by atoms with Gasteiger partial charge in [0.05, 0.1) is 5.69 Å². The van der Waals surface area contributed by atoms with E-state index in [4.69, 9.17) is 6.42 Å². The smallest absolute Gasteiger partial charge is 0.0520 e. The Labute approximate surface area is 318 Å². The van der Waals surface area contributed by atoms with Crippen molar-refractivity contribution in [3.63, 3.8) is 0 Å². The zero-order chi connectivity index (χ0) is 37.6. The summed E-state index contributed by atoms with van der Waals surface area (Å²) in [6.45, 7) is 20.4. The van der Waals surface area contributed by atoms with Crippen molar-refractivity contribution in [2.45, 2.75) is 67.7 Å². The first kappa shape index (κ1) is 37.2. The molecule has 0 bridgehead atoms. The minimum Gasteiger partial charge on any atom is -0.341 e. The molecule has 2 atom stereocenters. The van der Waals surface area contributed by atoms with Crippen LogP contribution in [0, 0.1) is 45.0 Å². The van der Waals surface area contributed by atoms with Crippen molar-refractivity contribution >= 4 is 39.1 Å². The number of allylic oxidation sites excluding steroid dienone is 5. The van der Waals surface area contributed by atoms with Crippen LogP contribution in [0.1, 0.15) is 69.2 Å². The van der Waals surface area contributed by atoms with E-state index in [9.17, 15) is 0 Å². The number of hydrogen-bond acceptors (Lipinski definition) is 2. The second-order valence-electron chi connectivity index (χ2n) is 15.0. The molecule has 2 unspecified atom stereocenters. The summed E-state index contributed by atoms with van der Waals surface area (Å²) in [6, 6.07) is 38.4. The van der Waals surface area contributed by atoms with Gasteiger partial charge in [0.2, 0.25) is 0 Å². The van der Waals surface area contributed by atoms with Gasteiger partial charge in [0.1, 0.15) is 0 Å². The van der Waals surface area contributed by atoms with Crippen LogP contribution in [0.3, 0.4) is 0 Å². The van der Waals surface area contributed by atoms with Gasteiger partial charge in [-0.2, -0.15) is 0 Å². The molecular weight excluding hydrogens is 641 g/mol. The van der Waals surface area contributed by atoms with Crippen molar-refractivity contribution in [2.75, 3.05) is 16.3 Å². The monoisotopic (exact) mass is 694 g/mol. The average Bonchev–Trinajstić information content (AvgIpc) is 3.17. The number of anilines is 3. The summed E-state index contributed by atoms with van der Waals surface area (Å²) in [6.07, 6.45) is 15.1. The van der Waals surface area contributed by atoms with Crippen LogP contribution in [0.15, 0.2) is 139 Å². The highest BCUT2D eigenvalue weighted by Gasteiger charge is 2.27. The molecule has 53 heavy (non-hydrogen) atoms. The van der Waals surface area contributed by atoms with E-state index in [1.54, 1.807) is 0 Å². The molecule has 6 rings (SSSR count). The third kappa shape index (κ3) is 7.96. The summed E-state index contributed by atoms with van der Waals surface area (Å²) in [4.78, 5) is 4.99. The third-order valence-corrected chi connectivity index (χ3v) is 10.8. The summed E-state index contributed by atoms with van der Waals surface area (Å²) < 4.78 is 0. The van der Waals surface area contributed by atoms with Crippen molar-refractivity contribution in [3.8, 4) is 12.3 Å². The molecule has 0 heterocycles. The number of fused-ring (bicyclic) bond motifs is 2. The third-order valence-electron chi connectivity index (χ3n) is 10.8. The molecule has 0 saturated carbocycles. The molecule has 2 heteroatoms. The van der Waals surface area contributed by atoms with E-state index in [-0.39, 0.29) is 5.92 Å². The largest absolute Gasteiger partial charge is 0.341 e. The van der Waals surface area contributed by atoms with Crippen LogP contribution in [0.4, 0.5) is 17.1 Å². The molecule has 0 aliphatic heterocycles. The van der Waals surface area contributed by atoms with E-state index < -0.39 is 0 Å². The van der Waals surface area contributed by atoms with Crippen LogP contribution >= 0.6 is 0 Å². The fourth-order valence-corrected chi connectivity index (χ4v) is 7.83. The lowest BCUT2D eigenvalue weighted by molar-refractivity contribution is 0.610. The van der Waals surface area contributed by atoms with Gasteiger partial charge < -0.3 is 9.80 Å². The molecule has 0 N–H and O–H groups in total. The molecule has 0 saturated heterocycles. The quantitative estimate of drug-likeness (QED) is 0.0729. The van der Waals surface area contributed by atoms with E-state index >= 15 is 0 Å². The SMILES string of the molecule is C#C/C(C)=C\C=C(/C)N(C1=c2ccccc2=C(c2cc(C)c(N(CCCC(C)C=C)c3ccc(C)cc3)c3ccccc23)CC1C)c1ccc(C)cc1. The summed E-state index contributed by atoms with van der Waals surface area (Å²) in [5, 5.41) is 5.16. The van der Waals surface area contributed by atoms with Crippen LogP contribution in [0.2, 0.25) is 0 Å². The lowest BCUT2D eigenvalue weighted by Crippen LogP contribution is -2.41. The molecule has 0 amide bonds. The maximum atomic E-state index is 5.73. The molecule has 0 aromatic heterocycles. The van der Waals surface area contributed by atoms with Crippen molar-refractivity contribution < 1.29 is 0 Å². The Balaban J connectivity index is 1.59. The molecule has 5 aromatic rings. The number of hydrogen-bond donors (Lipinski definition) is 0. The maximum Gasteiger partial charge on any atom is 0.0520 e. The summed E-state index contributed by atoms with van der Waals surface area (Å²) in [5.74, 6) is 3.51. The average molecular weight is 695 g/mol.